The highest BCUT2D eigenvalue weighted by molar-refractivity contribution is 7.10. The first-order valence-electron chi connectivity index (χ1n) is 7.44. The maximum atomic E-state index is 5.96. The topological polar surface area (TPSA) is 53.6 Å². The summed E-state index contributed by atoms with van der Waals surface area (Å²) < 4.78 is 0. The van der Waals surface area contributed by atoms with Crippen molar-refractivity contribution in [2.45, 2.75) is 12.5 Å². The number of aliphatic imine (C=N–C) groups is 1. The first-order chi connectivity index (χ1) is 10.7. The molecule has 0 amide bonds. The molecule has 0 fully saturated rings. The van der Waals surface area contributed by atoms with Crippen LogP contribution in [-0.2, 0) is 6.42 Å². The lowest BCUT2D eigenvalue weighted by molar-refractivity contribution is 0.310. The van der Waals surface area contributed by atoms with Crippen molar-refractivity contribution in [3.05, 3.63) is 58.3 Å². The third-order valence-corrected chi connectivity index (χ3v) is 4.47. The van der Waals surface area contributed by atoms with Crippen LogP contribution < -0.4 is 11.1 Å². The molecule has 2 rings (SSSR count). The van der Waals surface area contributed by atoms with Crippen LogP contribution >= 0.6 is 11.3 Å². The van der Waals surface area contributed by atoms with E-state index in [1.807, 2.05) is 6.07 Å². The molecule has 0 aliphatic rings. The van der Waals surface area contributed by atoms with E-state index >= 15 is 0 Å². The highest BCUT2D eigenvalue weighted by atomic mass is 32.1. The number of hydrogen-bond donors (Lipinski definition) is 2. The second-order valence-corrected chi connectivity index (χ2v) is 6.36. The van der Waals surface area contributed by atoms with Crippen molar-refractivity contribution < 1.29 is 0 Å². The molecule has 0 saturated heterocycles. The van der Waals surface area contributed by atoms with Crippen molar-refractivity contribution in [2.75, 3.05) is 27.2 Å². The zero-order valence-electron chi connectivity index (χ0n) is 13.2. The average Bonchev–Trinajstić information content (AvgIpc) is 3.02. The van der Waals surface area contributed by atoms with Crippen LogP contribution in [0.2, 0.25) is 0 Å². The molecule has 0 spiro atoms. The molecule has 0 aliphatic carbocycles. The zero-order valence-corrected chi connectivity index (χ0v) is 14.0. The van der Waals surface area contributed by atoms with E-state index in [-0.39, 0.29) is 6.04 Å². The largest absolute Gasteiger partial charge is 0.370 e. The van der Waals surface area contributed by atoms with Gasteiger partial charge in [0.1, 0.15) is 0 Å². The van der Waals surface area contributed by atoms with Crippen molar-refractivity contribution in [1.29, 1.82) is 0 Å². The summed E-state index contributed by atoms with van der Waals surface area (Å²) in [6.45, 7) is 1.46. The Morgan fingerprint density at radius 2 is 2.00 bits per heavy atom. The number of benzene rings is 1. The number of nitrogens with one attached hydrogen (secondary N) is 1. The van der Waals surface area contributed by atoms with E-state index in [0.717, 1.165) is 13.0 Å². The second-order valence-electron chi connectivity index (χ2n) is 5.38. The third-order valence-electron chi connectivity index (χ3n) is 3.49. The number of nitrogens with two attached hydrogens (primary N) is 1. The van der Waals surface area contributed by atoms with Gasteiger partial charge < -0.3 is 16.0 Å². The first kappa shape index (κ1) is 16.5. The van der Waals surface area contributed by atoms with Gasteiger partial charge in [0.25, 0.3) is 0 Å². The molecule has 118 valence electrons. The van der Waals surface area contributed by atoms with Crippen LogP contribution in [0.4, 0.5) is 0 Å². The van der Waals surface area contributed by atoms with Gasteiger partial charge in [0.2, 0.25) is 0 Å². The lowest BCUT2D eigenvalue weighted by atomic mass is 10.1. The summed E-state index contributed by atoms with van der Waals surface area (Å²) in [5.74, 6) is 0.513. The van der Waals surface area contributed by atoms with Gasteiger partial charge in [0.05, 0.1) is 12.6 Å². The second kappa shape index (κ2) is 8.56. The lowest BCUT2D eigenvalue weighted by Gasteiger charge is -2.21. The molecule has 4 nitrogen and oxygen atoms in total. The molecular weight excluding hydrogens is 292 g/mol. The van der Waals surface area contributed by atoms with E-state index in [4.69, 9.17) is 5.73 Å². The Kier molecular flexibility index (Phi) is 6.43. The van der Waals surface area contributed by atoms with Crippen LogP contribution in [0, 0.1) is 0 Å². The van der Waals surface area contributed by atoms with Crippen molar-refractivity contribution in [2.24, 2.45) is 10.7 Å². The van der Waals surface area contributed by atoms with Gasteiger partial charge in [0.15, 0.2) is 5.96 Å². The van der Waals surface area contributed by atoms with Gasteiger partial charge in [-0.25, -0.2) is 0 Å². The molecule has 22 heavy (non-hydrogen) atoms. The molecule has 1 atom stereocenters. The fraction of sp³-hybridized carbons (Fsp3) is 0.353. The third kappa shape index (κ3) is 5.16. The minimum Gasteiger partial charge on any atom is -0.370 e. The van der Waals surface area contributed by atoms with Crippen LogP contribution in [0.3, 0.4) is 0 Å². The van der Waals surface area contributed by atoms with Gasteiger partial charge in [-0.3, -0.25) is 4.99 Å². The van der Waals surface area contributed by atoms with E-state index < -0.39 is 0 Å². The normalized spacial score (nSPS) is 13.3. The Morgan fingerprint density at radius 1 is 1.23 bits per heavy atom. The Labute approximate surface area is 136 Å². The minimum atomic E-state index is 0.273. The van der Waals surface area contributed by atoms with Crippen molar-refractivity contribution >= 4 is 17.3 Å². The van der Waals surface area contributed by atoms with Crippen LogP contribution in [0.25, 0.3) is 0 Å². The molecule has 1 heterocycles. The SMILES string of the molecule is CN(C)C(CN=C(N)NCCc1ccccc1)c1cccs1. The van der Waals surface area contributed by atoms with Gasteiger partial charge in [0, 0.05) is 11.4 Å². The van der Waals surface area contributed by atoms with Crippen LogP contribution in [0.1, 0.15) is 16.5 Å². The zero-order chi connectivity index (χ0) is 15.8. The van der Waals surface area contributed by atoms with Gasteiger partial charge in [-0.2, -0.15) is 0 Å². The van der Waals surface area contributed by atoms with Gasteiger partial charge >= 0.3 is 0 Å². The van der Waals surface area contributed by atoms with Gasteiger partial charge in [-0.1, -0.05) is 36.4 Å². The van der Waals surface area contributed by atoms with Crippen molar-refractivity contribution in [1.82, 2.24) is 10.2 Å². The summed E-state index contributed by atoms with van der Waals surface area (Å²) in [7, 11) is 4.14. The van der Waals surface area contributed by atoms with E-state index in [1.165, 1.54) is 10.4 Å². The Balaban J connectivity index is 1.81. The Hall–Kier alpha value is -1.85. The predicted octanol–water partition coefficient (Wildman–Crippen LogP) is 2.50. The smallest absolute Gasteiger partial charge is 0.188 e. The molecule has 0 aliphatic heterocycles. The molecule has 0 radical (unpaired) electrons. The molecule has 5 heteroatoms. The fourth-order valence-corrected chi connectivity index (χ4v) is 3.12. The molecule has 3 N–H and O–H groups in total. The number of rotatable bonds is 7. The summed E-state index contributed by atoms with van der Waals surface area (Å²) in [6.07, 6.45) is 0.944. The Bertz CT molecular complexity index is 564. The predicted molar refractivity (Wildman–Crippen MR) is 95.4 cm³/mol. The standard InChI is InChI=1S/C17H24N4S/c1-21(2)15(16-9-6-12-22-16)13-20-17(18)19-11-10-14-7-4-3-5-8-14/h3-9,12,15H,10-11,13H2,1-2H3,(H3,18,19,20). The number of nitrogens with zero attached hydrogens (tertiary/aromatic N) is 2. The number of thiophene rings is 1. The number of guanidine groups is 1. The molecule has 1 aromatic heterocycles. The molecule has 1 unspecified atom stereocenters. The molecule has 2 aromatic rings. The Morgan fingerprint density at radius 3 is 2.64 bits per heavy atom. The lowest BCUT2D eigenvalue weighted by Crippen LogP contribution is -2.34. The molecule has 1 aromatic carbocycles. The van der Waals surface area contributed by atoms with E-state index in [0.29, 0.717) is 12.5 Å². The van der Waals surface area contributed by atoms with Crippen molar-refractivity contribution in [3.8, 4) is 0 Å². The average molecular weight is 316 g/mol. The maximum Gasteiger partial charge on any atom is 0.188 e. The van der Waals surface area contributed by atoms with E-state index in [9.17, 15) is 0 Å². The van der Waals surface area contributed by atoms with Crippen LogP contribution in [0.15, 0.2) is 52.8 Å². The molecular formula is C17H24N4S. The van der Waals surface area contributed by atoms with E-state index in [2.05, 4.69) is 71.1 Å². The molecule has 0 saturated carbocycles. The maximum absolute atomic E-state index is 5.96. The number of hydrogen-bond acceptors (Lipinski definition) is 3. The highest BCUT2D eigenvalue weighted by Gasteiger charge is 2.14. The first-order valence-corrected chi connectivity index (χ1v) is 8.32. The summed E-state index contributed by atoms with van der Waals surface area (Å²) in [4.78, 5) is 7.97. The van der Waals surface area contributed by atoms with E-state index in [1.54, 1.807) is 11.3 Å². The molecule has 0 bridgehead atoms. The van der Waals surface area contributed by atoms with Crippen molar-refractivity contribution in [3.63, 3.8) is 0 Å². The summed E-state index contributed by atoms with van der Waals surface area (Å²) >= 11 is 1.75. The quantitative estimate of drug-likeness (QED) is 0.609. The summed E-state index contributed by atoms with van der Waals surface area (Å²) in [6, 6.07) is 14.9. The highest BCUT2D eigenvalue weighted by Crippen LogP contribution is 2.23. The number of likely N-dealkylation sites (N-methyl/N-ethyl adjacent to an activating group) is 1. The monoisotopic (exact) mass is 316 g/mol. The fourth-order valence-electron chi connectivity index (χ4n) is 2.21. The minimum absolute atomic E-state index is 0.273. The van der Waals surface area contributed by atoms with Gasteiger partial charge in [-0.05, 0) is 37.5 Å². The summed E-state index contributed by atoms with van der Waals surface area (Å²) in [5, 5.41) is 5.28. The van der Waals surface area contributed by atoms with Gasteiger partial charge in [-0.15, -0.1) is 11.3 Å². The van der Waals surface area contributed by atoms with Crippen LogP contribution in [0.5, 0.6) is 0 Å². The van der Waals surface area contributed by atoms with Crippen LogP contribution in [-0.4, -0.2) is 38.0 Å². The summed E-state index contributed by atoms with van der Waals surface area (Å²) in [5.41, 5.74) is 7.26.